The van der Waals surface area contributed by atoms with Crippen LogP contribution in [0.25, 0.3) is 0 Å². The Kier molecular flexibility index (Phi) is 7.45. The maximum absolute atomic E-state index is 12.7. The van der Waals surface area contributed by atoms with E-state index < -0.39 is 37.0 Å². The number of hydrogen-bond donors (Lipinski definition) is 1. The van der Waals surface area contributed by atoms with E-state index in [4.69, 9.17) is 11.6 Å². The Morgan fingerprint density at radius 1 is 1.07 bits per heavy atom. The second kappa shape index (κ2) is 9.59. The number of halogens is 4. The van der Waals surface area contributed by atoms with Gasteiger partial charge in [-0.05, 0) is 29.8 Å². The van der Waals surface area contributed by atoms with E-state index in [1.54, 1.807) is 36.4 Å². The summed E-state index contributed by atoms with van der Waals surface area (Å²) in [6, 6.07) is 14.0. The lowest BCUT2D eigenvalue weighted by atomic mass is 10.0. The molecule has 0 aliphatic heterocycles. The van der Waals surface area contributed by atoms with Crippen molar-refractivity contribution >= 4 is 23.4 Å². The average Bonchev–Trinajstić information content (AvgIpc) is 2.65. The van der Waals surface area contributed by atoms with E-state index in [0.717, 1.165) is 10.5 Å². The Hall–Kier alpha value is -2.54. The van der Waals surface area contributed by atoms with Crippen LogP contribution in [-0.4, -0.2) is 42.5 Å². The fourth-order valence-corrected chi connectivity index (χ4v) is 2.69. The molecule has 2 aromatic carbocycles. The predicted molar refractivity (Wildman–Crippen MR) is 101 cm³/mol. The van der Waals surface area contributed by atoms with Crippen molar-refractivity contribution in [3.05, 3.63) is 70.7 Å². The number of rotatable bonds is 7. The number of benzene rings is 2. The normalized spacial score (nSPS) is 12.3. The summed E-state index contributed by atoms with van der Waals surface area (Å²) < 4.78 is 37.4. The van der Waals surface area contributed by atoms with Gasteiger partial charge in [-0.2, -0.15) is 13.2 Å². The zero-order valence-electron chi connectivity index (χ0n) is 15.2. The summed E-state index contributed by atoms with van der Waals surface area (Å²) >= 11 is 5.81. The van der Waals surface area contributed by atoms with E-state index in [1.807, 2.05) is 6.07 Å². The lowest BCUT2D eigenvalue weighted by molar-refractivity contribution is -0.145. The maximum Gasteiger partial charge on any atom is 0.390 e. The van der Waals surface area contributed by atoms with Crippen LogP contribution in [0.2, 0.25) is 5.02 Å². The Bertz CT molecular complexity index is 795. The monoisotopic (exact) mass is 412 g/mol. The highest BCUT2D eigenvalue weighted by Crippen LogP contribution is 2.20. The van der Waals surface area contributed by atoms with Gasteiger partial charge in [0.2, 0.25) is 5.91 Å². The van der Waals surface area contributed by atoms with Crippen molar-refractivity contribution in [2.75, 3.05) is 13.6 Å². The first-order chi connectivity index (χ1) is 13.2. The van der Waals surface area contributed by atoms with Crippen molar-refractivity contribution < 1.29 is 22.8 Å². The zero-order chi connectivity index (χ0) is 20.7. The van der Waals surface area contributed by atoms with Gasteiger partial charge in [0, 0.05) is 30.6 Å². The summed E-state index contributed by atoms with van der Waals surface area (Å²) in [5.74, 6) is -1.09. The van der Waals surface area contributed by atoms with Gasteiger partial charge in [-0.1, -0.05) is 41.9 Å². The number of hydrogen-bond acceptors (Lipinski definition) is 2. The van der Waals surface area contributed by atoms with Gasteiger partial charge in [0.25, 0.3) is 5.91 Å². The molecule has 2 aromatic rings. The van der Waals surface area contributed by atoms with E-state index in [9.17, 15) is 22.8 Å². The van der Waals surface area contributed by atoms with Crippen molar-refractivity contribution in [1.82, 2.24) is 10.2 Å². The molecule has 0 aromatic heterocycles. The summed E-state index contributed by atoms with van der Waals surface area (Å²) in [5, 5.41) is 3.08. The molecule has 2 amide bonds. The fourth-order valence-electron chi connectivity index (χ4n) is 2.56. The minimum Gasteiger partial charge on any atom is -0.344 e. The van der Waals surface area contributed by atoms with Crippen LogP contribution in [0.3, 0.4) is 0 Å². The first-order valence-corrected chi connectivity index (χ1v) is 8.95. The van der Waals surface area contributed by atoms with Crippen LogP contribution in [0.5, 0.6) is 0 Å². The van der Waals surface area contributed by atoms with Gasteiger partial charge in [-0.15, -0.1) is 0 Å². The van der Waals surface area contributed by atoms with Crippen LogP contribution in [0, 0.1) is 0 Å². The van der Waals surface area contributed by atoms with Crippen LogP contribution in [0.1, 0.15) is 22.3 Å². The van der Waals surface area contributed by atoms with E-state index >= 15 is 0 Å². The predicted octanol–water partition coefficient (Wildman–Crippen LogP) is 4.09. The quantitative estimate of drug-likeness (QED) is 0.744. The zero-order valence-corrected chi connectivity index (χ0v) is 15.9. The van der Waals surface area contributed by atoms with Gasteiger partial charge in [0.05, 0.1) is 6.42 Å². The van der Waals surface area contributed by atoms with Crippen molar-refractivity contribution in [2.24, 2.45) is 0 Å². The molecule has 150 valence electrons. The summed E-state index contributed by atoms with van der Waals surface area (Å²) in [6.07, 6.45) is -5.32. The summed E-state index contributed by atoms with van der Waals surface area (Å²) in [5.41, 5.74) is 1.08. The summed E-state index contributed by atoms with van der Waals surface area (Å²) in [7, 11) is 1.29. The molecule has 28 heavy (non-hydrogen) atoms. The SMILES string of the molecule is CN(CCC(F)(F)F)C(=O)C(Cc1ccccc1)NC(=O)c1ccc(Cl)cc1. The van der Waals surface area contributed by atoms with Crippen molar-refractivity contribution in [3.8, 4) is 0 Å². The number of carbonyl (C=O) groups is 2. The van der Waals surface area contributed by atoms with Gasteiger partial charge in [0.15, 0.2) is 0 Å². The highest BCUT2D eigenvalue weighted by Gasteiger charge is 2.30. The van der Waals surface area contributed by atoms with Gasteiger partial charge < -0.3 is 10.2 Å². The largest absolute Gasteiger partial charge is 0.390 e. The molecule has 1 N–H and O–H groups in total. The van der Waals surface area contributed by atoms with Crippen LogP contribution in [0.4, 0.5) is 13.2 Å². The highest BCUT2D eigenvalue weighted by molar-refractivity contribution is 6.30. The molecular formula is C20H20ClF3N2O2. The summed E-state index contributed by atoms with van der Waals surface area (Å²) in [6.45, 7) is -0.482. The Labute approximate surface area is 166 Å². The third-order valence-electron chi connectivity index (χ3n) is 4.10. The van der Waals surface area contributed by atoms with Crippen molar-refractivity contribution in [2.45, 2.75) is 25.1 Å². The number of alkyl halides is 3. The molecule has 0 heterocycles. The topological polar surface area (TPSA) is 49.4 Å². The molecule has 0 saturated carbocycles. The van der Waals surface area contributed by atoms with Gasteiger partial charge >= 0.3 is 6.18 Å². The molecule has 0 fully saturated rings. The van der Waals surface area contributed by atoms with Crippen LogP contribution < -0.4 is 5.32 Å². The third-order valence-corrected chi connectivity index (χ3v) is 4.35. The summed E-state index contributed by atoms with van der Waals surface area (Å²) in [4.78, 5) is 26.2. The maximum atomic E-state index is 12.7. The second-order valence-corrected chi connectivity index (χ2v) is 6.78. The number of nitrogens with zero attached hydrogens (tertiary/aromatic N) is 1. The molecule has 0 radical (unpaired) electrons. The molecule has 1 unspecified atom stereocenters. The van der Waals surface area contributed by atoms with E-state index in [2.05, 4.69) is 5.32 Å². The molecule has 0 bridgehead atoms. The molecule has 4 nitrogen and oxygen atoms in total. The van der Waals surface area contributed by atoms with Gasteiger partial charge in [0.1, 0.15) is 6.04 Å². The lowest BCUT2D eigenvalue weighted by Crippen LogP contribution is -2.49. The Morgan fingerprint density at radius 2 is 1.68 bits per heavy atom. The van der Waals surface area contributed by atoms with Crippen LogP contribution in [-0.2, 0) is 11.2 Å². The fraction of sp³-hybridized carbons (Fsp3) is 0.300. The molecular weight excluding hydrogens is 393 g/mol. The molecule has 8 heteroatoms. The standard InChI is InChI=1S/C20H20ClF3N2O2/c1-26(12-11-20(22,23)24)19(28)17(13-14-5-3-2-4-6-14)25-18(27)15-7-9-16(21)10-8-15/h2-10,17H,11-13H2,1H3,(H,25,27). The van der Waals surface area contributed by atoms with Gasteiger partial charge in [-0.3, -0.25) is 9.59 Å². The first-order valence-electron chi connectivity index (χ1n) is 8.58. The average molecular weight is 413 g/mol. The molecule has 0 aliphatic rings. The Morgan fingerprint density at radius 3 is 2.25 bits per heavy atom. The number of likely N-dealkylation sites (N-methyl/N-ethyl adjacent to an activating group) is 1. The Balaban J connectivity index is 2.14. The number of amides is 2. The molecule has 2 rings (SSSR count). The molecule has 0 saturated heterocycles. The second-order valence-electron chi connectivity index (χ2n) is 6.35. The molecule has 1 atom stereocenters. The van der Waals surface area contributed by atoms with E-state index in [-0.39, 0.29) is 6.42 Å². The van der Waals surface area contributed by atoms with Crippen LogP contribution in [0.15, 0.2) is 54.6 Å². The van der Waals surface area contributed by atoms with Gasteiger partial charge in [-0.25, -0.2) is 0 Å². The minimum absolute atomic E-state index is 0.162. The van der Waals surface area contributed by atoms with Crippen LogP contribution >= 0.6 is 11.6 Å². The third kappa shape index (κ3) is 6.88. The van der Waals surface area contributed by atoms with Crippen molar-refractivity contribution in [1.29, 1.82) is 0 Å². The highest BCUT2D eigenvalue weighted by atomic mass is 35.5. The first kappa shape index (κ1) is 21.8. The lowest BCUT2D eigenvalue weighted by Gasteiger charge is -2.25. The number of nitrogens with one attached hydrogen (secondary N) is 1. The smallest absolute Gasteiger partial charge is 0.344 e. The van der Waals surface area contributed by atoms with E-state index in [0.29, 0.717) is 10.6 Å². The van der Waals surface area contributed by atoms with E-state index in [1.165, 1.54) is 19.2 Å². The molecule has 0 spiro atoms. The van der Waals surface area contributed by atoms with Crippen molar-refractivity contribution in [3.63, 3.8) is 0 Å². The minimum atomic E-state index is -4.37. The molecule has 0 aliphatic carbocycles. The number of carbonyl (C=O) groups excluding carboxylic acids is 2.